The maximum Gasteiger partial charge on any atom is 0.123 e. The number of aliphatic hydroxyl groups is 1. The molecule has 0 amide bonds. The average molecular weight is 179 g/mol. The summed E-state index contributed by atoms with van der Waals surface area (Å²) in [7, 11) is 0. The number of hydrogen-bond donors (Lipinski definition) is 3. The molecule has 0 bridgehead atoms. The zero-order valence-corrected chi connectivity index (χ0v) is 7.33. The molecule has 0 unspecified atom stereocenters. The Kier molecular flexibility index (Phi) is 1.94. The lowest BCUT2D eigenvalue weighted by Crippen LogP contribution is -2.60. The van der Waals surface area contributed by atoms with Gasteiger partial charge < -0.3 is 16.2 Å². The molecule has 4 heteroatoms. The molecule has 13 heavy (non-hydrogen) atoms. The van der Waals surface area contributed by atoms with Crippen LogP contribution >= 0.6 is 0 Å². The Morgan fingerprint density at radius 3 is 2.92 bits per heavy atom. The molecule has 0 aliphatic carbocycles. The molecule has 1 aromatic heterocycles. The van der Waals surface area contributed by atoms with Crippen LogP contribution in [0.4, 0.5) is 5.82 Å². The van der Waals surface area contributed by atoms with Gasteiger partial charge >= 0.3 is 0 Å². The minimum absolute atomic E-state index is 0.508. The van der Waals surface area contributed by atoms with Crippen LogP contribution in [-0.2, 0) is 6.42 Å². The van der Waals surface area contributed by atoms with E-state index in [2.05, 4.69) is 10.3 Å². The van der Waals surface area contributed by atoms with E-state index in [4.69, 9.17) is 5.73 Å². The standard InChI is InChI=1S/C9H13N3O/c10-8-3-7(1-2-12-8)4-9(13)5-11-6-9/h1-3,11,13H,4-6H2,(H2,10,12). The van der Waals surface area contributed by atoms with Gasteiger partial charge in [-0.2, -0.15) is 0 Å². The number of β-amino-alcohol motifs (C(OH)–C–C–N with tert-alkyl or cyclic N) is 1. The molecule has 2 rings (SSSR count). The van der Waals surface area contributed by atoms with Gasteiger partial charge in [0.05, 0.1) is 5.60 Å². The summed E-state index contributed by atoms with van der Waals surface area (Å²) in [5.41, 5.74) is 5.99. The monoisotopic (exact) mass is 179 g/mol. The molecule has 0 radical (unpaired) electrons. The predicted octanol–water partition coefficient (Wildman–Crippen LogP) is -0.459. The number of nitrogens with zero attached hydrogens (tertiary/aromatic N) is 1. The number of rotatable bonds is 2. The summed E-state index contributed by atoms with van der Waals surface area (Å²) >= 11 is 0. The Labute approximate surface area is 76.8 Å². The highest BCUT2D eigenvalue weighted by Gasteiger charge is 2.34. The fourth-order valence-electron chi connectivity index (χ4n) is 1.52. The third kappa shape index (κ3) is 1.79. The van der Waals surface area contributed by atoms with Crippen LogP contribution in [0.15, 0.2) is 18.3 Å². The van der Waals surface area contributed by atoms with Crippen molar-refractivity contribution in [3.05, 3.63) is 23.9 Å². The van der Waals surface area contributed by atoms with Crippen molar-refractivity contribution in [2.45, 2.75) is 12.0 Å². The van der Waals surface area contributed by atoms with E-state index in [0.717, 1.165) is 5.56 Å². The van der Waals surface area contributed by atoms with Gasteiger partial charge in [-0.25, -0.2) is 4.98 Å². The Balaban J connectivity index is 2.09. The summed E-state index contributed by atoms with van der Waals surface area (Å²) in [6, 6.07) is 3.68. The van der Waals surface area contributed by atoms with Gasteiger partial charge in [-0.05, 0) is 17.7 Å². The molecule has 0 spiro atoms. The number of hydrogen-bond acceptors (Lipinski definition) is 4. The van der Waals surface area contributed by atoms with Gasteiger partial charge in [0.25, 0.3) is 0 Å². The van der Waals surface area contributed by atoms with Crippen molar-refractivity contribution in [3.63, 3.8) is 0 Å². The number of anilines is 1. The summed E-state index contributed by atoms with van der Waals surface area (Å²) in [6.45, 7) is 1.32. The minimum Gasteiger partial charge on any atom is -0.387 e. The van der Waals surface area contributed by atoms with E-state index in [9.17, 15) is 5.11 Å². The minimum atomic E-state index is -0.576. The van der Waals surface area contributed by atoms with E-state index in [0.29, 0.717) is 25.3 Å². The van der Waals surface area contributed by atoms with Gasteiger partial charge in [-0.1, -0.05) is 0 Å². The average Bonchev–Trinajstić information content (AvgIpc) is 2.01. The summed E-state index contributed by atoms with van der Waals surface area (Å²) in [6.07, 6.45) is 2.31. The molecule has 1 aliphatic rings. The molecule has 0 saturated carbocycles. The molecule has 1 saturated heterocycles. The van der Waals surface area contributed by atoms with Crippen LogP contribution in [0.1, 0.15) is 5.56 Å². The number of nitrogens with one attached hydrogen (secondary N) is 1. The Bertz CT molecular complexity index is 309. The SMILES string of the molecule is Nc1cc(CC2(O)CNC2)ccn1. The lowest BCUT2D eigenvalue weighted by Gasteiger charge is -2.37. The lowest BCUT2D eigenvalue weighted by molar-refractivity contribution is -0.00901. The molecule has 70 valence electrons. The molecule has 1 aliphatic heterocycles. The molecule has 0 atom stereocenters. The van der Waals surface area contributed by atoms with E-state index in [1.165, 1.54) is 0 Å². The quantitative estimate of drug-likeness (QED) is 0.574. The van der Waals surface area contributed by atoms with Crippen molar-refractivity contribution in [2.75, 3.05) is 18.8 Å². The molecule has 0 aromatic carbocycles. The fourth-order valence-corrected chi connectivity index (χ4v) is 1.52. The molecule has 4 N–H and O–H groups in total. The maximum atomic E-state index is 9.83. The molecular formula is C9H13N3O. The summed E-state index contributed by atoms with van der Waals surface area (Å²) < 4.78 is 0. The second-order valence-corrected chi connectivity index (χ2v) is 3.59. The van der Waals surface area contributed by atoms with Gasteiger partial charge in [0.2, 0.25) is 0 Å². The summed E-state index contributed by atoms with van der Waals surface area (Å²) in [5, 5.41) is 12.9. The van der Waals surface area contributed by atoms with Crippen molar-refractivity contribution in [3.8, 4) is 0 Å². The van der Waals surface area contributed by atoms with Gasteiger partial charge in [-0.15, -0.1) is 0 Å². The van der Waals surface area contributed by atoms with Crippen LogP contribution in [0, 0.1) is 0 Å². The first kappa shape index (κ1) is 8.47. The van der Waals surface area contributed by atoms with E-state index in [1.54, 1.807) is 12.3 Å². The maximum absolute atomic E-state index is 9.83. The van der Waals surface area contributed by atoms with E-state index in [-0.39, 0.29) is 0 Å². The topological polar surface area (TPSA) is 71.2 Å². The fraction of sp³-hybridized carbons (Fsp3) is 0.444. The molecule has 2 heterocycles. The summed E-state index contributed by atoms with van der Waals surface area (Å²) in [4.78, 5) is 3.89. The first-order valence-electron chi connectivity index (χ1n) is 4.31. The second-order valence-electron chi connectivity index (χ2n) is 3.59. The largest absolute Gasteiger partial charge is 0.387 e. The summed E-state index contributed by atoms with van der Waals surface area (Å²) in [5.74, 6) is 0.508. The van der Waals surface area contributed by atoms with E-state index < -0.39 is 5.60 Å². The zero-order valence-electron chi connectivity index (χ0n) is 7.33. The number of aromatic nitrogens is 1. The normalized spacial score (nSPS) is 19.5. The first-order chi connectivity index (χ1) is 6.18. The third-order valence-corrected chi connectivity index (χ3v) is 2.29. The number of nitrogens with two attached hydrogens (primary N) is 1. The van der Waals surface area contributed by atoms with Gasteiger partial charge in [0.1, 0.15) is 5.82 Å². The van der Waals surface area contributed by atoms with Crippen molar-refractivity contribution in [1.82, 2.24) is 10.3 Å². The van der Waals surface area contributed by atoms with Gasteiger partial charge in [-0.3, -0.25) is 0 Å². The number of nitrogen functional groups attached to an aromatic ring is 1. The van der Waals surface area contributed by atoms with E-state index in [1.807, 2.05) is 6.07 Å². The van der Waals surface area contributed by atoms with Crippen LogP contribution in [0.5, 0.6) is 0 Å². The highest BCUT2D eigenvalue weighted by molar-refractivity contribution is 5.32. The number of pyridine rings is 1. The van der Waals surface area contributed by atoms with Crippen LogP contribution in [0.3, 0.4) is 0 Å². The van der Waals surface area contributed by atoms with Crippen molar-refractivity contribution < 1.29 is 5.11 Å². The van der Waals surface area contributed by atoms with Crippen LogP contribution < -0.4 is 11.1 Å². The lowest BCUT2D eigenvalue weighted by atomic mass is 9.89. The van der Waals surface area contributed by atoms with Crippen LogP contribution in [0.25, 0.3) is 0 Å². The third-order valence-electron chi connectivity index (χ3n) is 2.29. The van der Waals surface area contributed by atoms with Crippen molar-refractivity contribution in [1.29, 1.82) is 0 Å². The Morgan fingerprint density at radius 1 is 1.62 bits per heavy atom. The van der Waals surface area contributed by atoms with Crippen LogP contribution in [-0.4, -0.2) is 28.8 Å². The van der Waals surface area contributed by atoms with E-state index >= 15 is 0 Å². The second kappa shape index (κ2) is 2.97. The zero-order chi connectivity index (χ0) is 9.31. The highest BCUT2D eigenvalue weighted by Crippen LogP contribution is 2.17. The molecular weight excluding hydrogens is 166 g/mol. The molecule has 1 fully saturated rings. The molecule has 1 aromatic rings. The molecule has 4 nitrogen and oxygen atoms in total. The first-order valence-corrected chi connectivity index (χ1v) is 4.31. The van der Waals surface area contributed by atoms with Gasteiger partial charge in [0, 0.05) is 25.7 Å². The smallest absolute Gasteiger partial charge is 0.123 e. The van der Waals surface area contributed by atoms with Crippen LogP contribution in [0.2, 0.25) is 0 Å². The van der Waals surface area contributed by atoms with Crippen molar-refractivity contribution in [2.24, 2.45) is 0 Å². The predicted molar refractivity (Wildman–Crippen MR) is 50.2 cm³/mol. The Hall–Kier alpha value is -1.13. The Morgan fingerprint density at radius 2 is 2.38 bits per heavy atom. The van der Waals surface area contributed by atoms with Gasteiger partial charge in [0.15, 0.2) is 0 Å². The highest BCUT2D eigenvalue weighted by atomic mass is 16.3. The van der Waals surface area contributed by atoms with Crippen molar-refractivity contribution >= 4 is 5.82 Å².